The molecule has 0 fully saturated rings. The van der Waals surface area contributed by atoms with Gasteiger partial charge in [0.15, 0.2) is 4.36 Å². The average Bonchev–Trinajstić information content (AvgIpc) is 2.67. The van der Waals surface area contributed by atoms with Gasteiger partial charge in [0.25, 0.3) is 15.9 Å². The SMILES string of the molecule is CCCCOC(=O)c1ccc(N2C(=O)C=C(Cl)S2(=O)=O)cc1. The van der Waals surface area contributed by atoms with Crippen LogP contribution < -0.4 is 4.31 Å². The van der Waals surface area contributed by atoms with Crippen molar-refractivity contribution in [2.45, 2.75) is 19.8 Å². The lowest BCUT2D eigenvalue weighted by Gasteiger charge is -2.15. The van der Waals surface area contributed by atoms with E-state index in [2.05, 4.69) is 0 Å². The molecule has 8 heteroatoms. The number of hydrogen-bond donors (Lipinski definition) is 0. The van der Waals surface area contributed by atoms with Gasteiger partial charge in [0, 0.05) is 6.08 Å². The van der Waals surface area contributed by atoms with Gasteiger partial charge in [-0.1, -0.05) is 24.9 Å². The highest BCUT2D eigenvalue weighted by Gasteiger charge is 2.37. The number of carbonyl (C=O) groups excluding carboxylic acids is 2. The van der Waals surface area contributed by atoms with Gasteiger partial charge in [-0.05, 0) is 30.7 Å². The summed E-state index contributed by atoms with van der Waals surface area (Å²) in [4.78, 5) is 23.4. The molecule has 0 aromatic heterocycles. The normalized spacial score (nSPS) is 16.5. The first-order chi connectivity index (χ1) is 10.4. The molecule has 1 heterocycles. The molecule has 0 N–H and O–H groups in total. The Bertz CT molecular complexity index is 724. The molecule has 1 aliphatic rings. The second kappa shape index (κ2) is 6.50. The van der Waals surface area contributed by atoms with Gasteiger partial charge >= 0.3 is 5.97 Å². The number of sulfonamides is 1. The van der Waals surface area contributed by atoms with E-state index in [-0.39, 0.29) is 11.3 Å². The van der Waals surface area contributed by atoms with Crippen LogP contribution in [0.2, 0.25) is 0 Å². The summed E-state index contributed by atoms with van der Waals surface area (Å²) in [7, 11) is -4.02. The standard InChI is InChI=1S/C14H14ClNO5S/c1-2-3-8-21-14(18)10-4-6-11(7-5-10)16-13(17)9-12(15)22(16,19)20/h4-7,9H,2-3,8H2,1H3. The van der Waals surface area contributed by atoms with Crippen molar-refractivity contribution in [2.75, 3.05) is 10.9 Å². The van der Waals surface area contributed by atoms with Crippen LogP contribution in [0.3, 0.4) is 0 Å². The number of ether oxygens (including phenoxy) is 1. The van der Waals surface area contributed by atoms with E-state index in [0.717, 1.165) is 18.9 Å². The van der Waals surface area contributed by atoms with Gasteiger partial charge in [0.2, 0.25) is 0 Å². The smallest absolute Gasteiger partial charge is 0.338 e. The molecule has 0 atom stereocenters. The molecule has 0 radical (unpaired) electrons. The number of carbonyl (C=O) groups is 2. The van der Waals surface area contributed by atoms with E-state index in [1.165, 1.54) is 24.3 Å². The number of halogens is 1. The fourth-order valence-electron chi connectivity index (χ4n) is 1.83. The van der Waals surface area contributed by atoms with Gasteiger partial charge in [-0.15, -0.1) is 0 Å². The van der Waals surface area contributed by atoms with Gasteiger partial charge in [-0.3, -0.25) is 4.79 Å². The zero-order chi connectivity index (χ0) is 16.3. The molecule has 1 aromatic carbocycles. The van der Waals surface area contributed by atoms with Gasteiger partial charge < -0.3 is 4.74 Å². The van der Waals surface area contributed by atoms with E-state index in [1.807, 2.05) is 6.92 Å². The van der Waals surface area contributed by atoms with Crippen molar-refractivity contribution in [2.24, 2.45) is 0 Å². The van der Waals surface area contributed by atoms with Crippen LogP contribution in [0, 0.1) is 0 Å². The largest absolute Gasteiger partial charge is 0.462 e. The summed E-state index contributed by atoms with van der Waals surface area (Å²) in [6.07, 6.45) is 2.52. The van der Waals surface area contributed by atoms with E-state index in [4.69, 9.17) is 16.3 Å². The molecule has 1 aromatic rings. The molecular formula is C14H14ClNO5S. The maximum Gasteiger partial charge on any atom is 0.338 e. The number of esters is 1. The average molecular weight is 344 g/mol. The fraction of sp³-hybridized carbons (Fsp3) is 0.286. The molecule has 1 amide bonds. The summed E-state index contributed by atoms with van der Waals surface area (Å²) in [5, 5.41) is 0. The highest BCUT2D eigenvalue weighted by molar-refractivity contribution is 7.99. The van der Waals surface area contributed by atoms with E-state index in [9.17, 15) is 18.0 Å². The molecule has 1 aliphatic heterocycles. The number of unbranched alkanes of at least 4 members (excludes halogenated alkanes) is 1. The van der Waals surface area contributed by atoms with Crippen molar-refractivity contribution in [1.82, 2.24) is 0 Å². The van der Waals surface area contributed by atoms with Crippen LogP contribution in [-0.2, 0) is 19.6 Å². The minimum Gasteiger partial charge on any atom is -0.462 e. The number of nitrogens with zero attached hydrogens (tertiary/aromatic N) is 1. The zero-order valence-corrected chi connectivity index (χ0v) is 13.4. The highest BCUT2D eigenvalue weighted by Crippen LogP contribution is 2.30. The molecule has 0 saturated heterocycles. The fourth-order valence-corrected chi connectivity index (χ4v) is 3.24. The Balaban J connectivity index is 2.16. The van der Waals surface area contributed by atoms with Crippen LogP contribution in [0.5, 0.6) is 0 Å². The first-order valence-electron chi connectivity index (χ1n) is 6.61. The molecule has 0 unspecified atom stereocenters. The molecule has 118 valence electrons. The zero-order valence-electron chi connectivity index (χ0n) is 11.8. The highest BCUT2D eigenvalue weighted by atomic mass is 35.5. The summed E-state index contributed by atoms with van der Waals surface area (Å²) in [6, 6.07) is 5.52. The Kier molecular flexibility index (Phi) is 4.87. The van der Waals surface area contributed by atoms with E-state index in [0.29, 0.717) is 10.9 Å². The lowest BCUT2D eigenvalue weighted by Crippen LogP contribution is -2.30. The van der Waals surface area contributed by atoms with Crippen molar-refractivity contribution < 1.29 is 22.7 Å². The lowest BCUT2D eigenvalue weighted by atomic mass is 10.2. The maximum atomic E-state index is 11.9. The van der Waals surface area contributed by atoms with Crippen molar-refractivity contribution in [1.29, 1.82) is 0 Å². The summed E-state index contributed by atoms with van der Waals surface area (Å²) in [5.41, 5.74) is 0.393. The van der Waals surface area contributed by atoms with Crippen LogP contribution in [0.1, 0.15) is 30.1 Å². The van der Waals surface area contributed by atoms with Crippen molar-refractivity contribution in [3.8, 4) is 0 Å². The summed E-state index contributed by atoms with van der Waals surface area (Å²) in [5.74, 6) is -1.24. The van der Waals surface area contributed by atoms with Crippen LogP contribution in [0.25, 0.3) is 0 Å². The monoisotopic (exact) mass is 343 g/mol. The summed E-state index contributed by atoms with van der Waals surface area (Å²) >= 11 is 5.53. The number of anilines is 1. The minimum absolute atomic E-state index is 0.113. The second-order valence-electron chi connectivity index (χ2n) is 4.59. The topological polar surface area (TPSA) is 80.8 Å². The molecule has 2 rings (SSSR count). The van der Waals surface area contributed by atoms with E-state index in [1.54, 1.807) is 0 Å². The Morgan fingerprint density at radius 3 is 2.41 bits per heavy atom. The molecule has 0 spiro atoms. The quantitative estimate of drug-likeness (QED) is 0.605. The predicted molar refractivity (Wildman–Crippen MR) is 82.0 cm³/mol. The number of benzene rings is 1. The third-order valence-corrected chi connectivity index (χ3v) is 5.17. The number of rotatable bonds is 5. The molecule has 0 bridgehead atoms. The van der Waals surface area contributed by atoms with Crippen LogP contribution >= 0.6 is 11.6 Å². The summed E-state index contributed by atoms with van der Waals surface area (Å²) in [6.45, 7) is 2.31. The maximum absolute atomic E-state index is 11.9. The Labute approximate surface area is 133 Å². The molecule has 0 saturated carbocycles. The molecule has 0 aliphatic carbocycles. The van der Waals surface area contributed by atoms with Gasteiger partial charge in [0.1, 0.15) is 0 Å². The molecule has 6 nitrogen and oxygen atoms in total. The van der Waals surface area contributed by atoms with Crippen molar-refractivity contribution >= 4 is 39.2 Å². The van der Waals surface area contributed by atoms with E-state index >= 15 is 0 Å². The minimum atomic E-state index is -4.02. The van der Waals surface area contributed by atoms with Crippen LogP contribution in [0.4, 0.5) is 5.69 Å². The Hall–Kier alpha value is -1.86. The number of hydrogen-bond acceptors (Lipinski definition) is 5. The first-order valence-corrected chi connectivity index (χ1v) is 8.43. The number of amides is 1. The lowest BCUT2D eigenvalue weighted by molar-refractivity contribution is -0.112. The van der Waals surface area contributed by atoms with Crippen molar-refractivity contribution in [3.63, 3.8) is 0 Å². The Morgan fingerprint density at radius 2 is 1.91 bits per heavy atom. The third kappa shape index (κ3) is 3.15. The van der Waals surface area contributed by atoms with E-state index < -0.39 is 26.3 Å². The van der Waals surface area contributed by atoms with Gasteiger partial charge in [0.05, 0.1) is 17.9 Å². The van der Waals surface area contributed by atoms with Crippen LogP contribution in [0.15, 0.2) is 34.7 Å². The summed E-state index contributed by atoms with van der Waals surface area (Å²) < 4.78 is 28.9. The Morgan fingerprint density at radius 1 is 1.27 bits per heavy atom. The predicted octanol–water partition coefficient (Wildman–Crippen LogP) is 2.40. The second-order valence-corrected chi connectivity index (χ2v) is 6.98. The molecular weight excluding hydrogens is 330 g/mol. The van der Waals surface area contributed by atoms with Gasteiger partial charge in [-0.2, -0.15) is 12.7 Å². The first kappa shape index (κ1) is 16.5. The van der Waals surface area contributed by atoms with Crippen molar-refractivity contribution in [3.05, 3.63) is 40.3 Å². The van der Waals surface area contributed by atoms with Gasteiger partial charge in [-0.25, -0.2) is 4.79 Å². The third-order valence-electron chi connectivity index (χ3n) is 2.99. The molecule has 22 heavy (non-hydrogen) atoms. The van der Waals surface area contributed by atoms with Crippen LogP contribution in [-0.4, -0.2) is 26.9 Å².